The summed E-state index contributed by atoms with van der Waals surface area (Å²) in [6, 6.07) is 5.42. The van der Waals surface area contributed by atoms with Gasteiger partial charge in [-0.1, -0.05) is 17.7 Å². The van der Waals surface area contributed by atoms with Gasteiger partial charge in [0.15, 0.2) is 0 Å². The fourth-order valence-electron chi connectivity index (χ4n) is 1.05. The lowest BCUT2D eigenvalue weighted by molar-refractivity contribution is 0.276. The fourth-order valence-corrected chi connectivity index (χ4v) is 1.48. The molecule has 0 bridgehead atoms. The molecule has 1 atom stereocenters. The first kappa shape index (κ1) is 11.0. The average molecular weight is 265 g/mol. The Morgan fingerprint density at radius 2 is 2.23 bits per heavy atom. The third-order valence-corrected chi connectivity index (χ3v) is 3.04. The van der Waals surface area contributed by atoms with Gasteiger partial charge < -0.3 is 10.8 Å². The quantitative estimate of drug-likeness (QED) is 0.881. The molecule has 0 spiro atoms. The first-order valence-electron chi connectivity index (χ1n) is 3.96. The number of aliphatic hydroxyl groups excluding tert-OH is 1. The minimum Gasteiger partial charge on any atom is -0.396 e. The van der Waals surface area contributed by atoms with Crippen LogP contribution in [0.3, 0.4) is 0 Å². The number of hydrogen-bond donors (Lipinski definition) is 2. The van der Waals surface area contributed by atoms with Crippen molar-refractivity contribution in [3.05, 3.63) is 33.3 Å². The van der Waals surface area contributed by atoms with E-state index < -0.39 is 0 Å². The highest BCUT2D eigenvalue weighted by atomic mass is 79.9. The molecule has 0 aliphatic heterocycles. The third kappa shape index (κ3) is 2.95. The molecule has 0 amide bonds. The molecule has 13 heavy (non-hydrogen) atoms. The molecular formula is C9H11BrClNO. The Kier molecular flexibility index (Phi) is 4.19. The standard InChI is InChI=1S/C9H11BrClNO/c10-7-2-1-6(5-8(7)11)9(12)3-4-13/h1-2,5,9,13H,3-4,12H2/t9-/m1/s1. The van der Waals surface area contributed by atoms with Crippen LogP contribution >= 0.6 is 27.5 Å². The fraction of sp³-hybridized carbons (Fsp3) is 0.333. The van der Waals surface area contributed by atoms with Crippen molar-refractivity contribution in [2.75, 3.05) is 6.61 Å². The molecule has 0 aromatic heterocycles. The predicted octanol–water partition coefficient (Wildman–Crippen LogP) is 2.48. The maximum absolute atomic E-state index is 8.70. The van der Waals surface area contributed by atoms with Crippen LogP contribution in [-0.4, -0.2) is 11.7 Å². The molecule has 0 saturated carbocycles. The Bertz CT molecular complexity index is 293. The molecule has 2 nitrogen and oxygen atoms in total. The topological polar surface area (TPSA) is 46.2 Å². The second-order valence-corrected chi connectivity index (χ2v) is 4.05. The van der Waals surface area contributed by atoms with Crippen molar-refractivity contribution >= 4 is 27.5 Å². The Morgan fingerprint density at radius 3 is 2.77 bits per heavy atom. The number of aliphatic hydroxyl groups is 1. The van der Waals surface area contributed by atoms with Gasteiger partial charge in [0.05, 0.1) is 5.02 Å². The molecule has 1 rings (SSSR count). The lowest BCUT2D eigenvalue weighted by atomic mass is 10.1. The first-order valence-corrected chi connectivity index (χ1v) is 5.13. The first-order chi connectivity index (χ1) is 6.15. The Labute approximate surface area is 90.8 Å². The van der Waals surface area contributed by atoms with Crippen molar-refractivity contribution < 1.29 is 5.11 Å². The molecule has 0 heterocycles. The van der Waals surface area contributed by atoms with Gasteiger partial charge in [0, 0.05) is 17.1 Å². The summed E-state index contributed by atoms with van der Waals surface area (Å²) in [4.78, 5) is 0. The van der Waals surface area contributed by atoms with E-state index in [-0.39, 0.29) is 12.6 Å². The maximum atomic E-state index is 8.70. The van der Waals surface area contributed by atoms with Crippen molar-refractivity contribution in [3.8, 4) is 0 Å². The molecule has 1 aromatic rings. The van der Waals surface area contributed by atoms with E-state index in [9.17, 15) is 0 Å². The second kappa shape index (κ2) is 4.96. The van der Waals surface area contributed by atoms with E-state index in [0.29, 0.717) is 11.4 Å². The van der Waals surface area contributed by atoms with Crippen LogP contribution in [0, 0.1) is 0 Å². The Balaban J connectivity index is 2.84. The number of benzene rings is 1. The zero-order valence-electron chi connectivity index (χ0n) is 7.00. The summed E-state index contributed by atoms with van der Waals surface area (Å²) in [7, 11) is 0. The predicted molar refractivity (Wildman–Crippen MR) is 57.8 cm³/mol. The molecule has 0 aliphatic rings. The molecule has 1 aromatic carbocycles. The van der Waals surface area contributed by atoms with Crippen molar-refractivity contribution in [3.63, 3.8) is 0 Å². The van der Waals surface area contributed by atoms with Crippen molar-refractivity contribution in [2.45, 2.75) is 12.5 Å². The Morgan fingerprint density at radius 1 is 1.54 bits per heavy atom. The van der Waals surface area contributed by atoms with Gasteiger partial charge in [0.2, 0.25) is 0 Å². The normalized spacial score (nSPS) is 12.9. The van der Waals surface area contributed by atoms with Crippen LogP contribution in [0.1, 0.15) is 18.0 Å². The number of halogens is 2. The summed E-state index contributed by atoms with van der Waals surface area (Å²) in [5.41, 5.74) is 6.74. The van der Waals surface area contributed by atoms with Crippen molar-refractivity contribution in [2.24, 2.45) is 5.73 Å². The van der Waals surface area contributed by atoms with E-state index in [1.54, 1.807) is 0 Å². The van der Waals surface area contributed by atoms with Gasteiger partial charge in [-0.15, -0.1) is 0 Å². The highest BCUT2D eigenvalue weighted by Gasteiger charge is 2.06. The van der Waals surface area contributed by atoms with E-state index in [1.165, 1.54) is 0 Å². The smallest absolute Gasteiger partial charge is 0.0551 e. The van der Waals surface area contributed by atoms with Gasteiger partial charge in [-0.3, -0.25) is 0 Å². The highest BCUT2D eigenvalue weighted by molar-refractivity contribution is 9.10. The highest BCUT2D eigenvalue weighted by Crippen LogP contribution is 2.26. The van der Waals surface area contributed by atoms with Gasteiger partial charge in [0.1, 0.15) is 0 Å². The van der Waals surface area contributed by atoms with Gasteiger partial charge in [0.25, 0.3) is 0 Å². The minimum atomic E-state index is -0.143. The molecule has 0 saturated heterocycles. The van der Waals surface area contributed by atoms with Gasteiger partial charge >= 0.3 is 0 Å². The minimum absolute atomic E-state index is 0.0921. The van der Waals surface area contributed by atoms with Gasteiger partial charge in [-0.2, -0.15) is 0 Å². The molecule has 72 valence electrons. The van der Waals surface area contributed by atoms with Crippen LogP contribution in [-0.2, 0) is 0 Å². The monoisotopic (exact) mass is 263 g/mol. The number of rotatable bonds is 3. The van der Waals surface area contributed by atoms with E-state index in [1.807, 2.05) is 18.2 Å². The summed E-state index contributed by atoms with van der Waals surface area (Å²) in [5.74, 6) is 0. The summed E-state index contributed by atoms with van der Waals surface area (Å²) >= 11 is 9.19. The molecule has 4 heteroatoms. The van der Waals surface area contributed by atoms with Crippen LogP contribution < -0.4 is 5.73 Å². The van der Waals surface area contributed by atoms with E-state index in [4.69, 9.17) is 22.4 Å². The van der Waals surface area contributed by atoms with Crippen LogP contribution in [0.25, 0.3) is 0 Å². The molecule has 0 radical (unpaired) electrons. The van der Waals surface area contributed by atoms with Crippen LogP contribution in [0.4, 0.5) is 0 Å². The van der Waals surface area contributed by atoms with Crippen LogP contribution in [0.15, 0.2) is 22.7 Å². The average Bonchev–Trinajstić information content (AvgIpc) is 2.10. The molecule has 3 N–H and O–H groups in total. The summed E-state index contributed by atoms with van der Waals surface area (Å²) in [6.07, 6.45) is 0.554. The largest absolute Gasteiger partial charge is 0.396 e. The molecule has 0 fully saturated rings. The second-order valence-electron chi connectivity index (χ2n) is 2.79. The van der Waals surface area contributed by atoms with Gasteiger partial charge in [-0.05, 0) is 40.0 Å². The number of nitrogens with two attached hydrogens (primary N) is 1. The number of hydrogen-bond acceptors (Lipinski definition) is 2. The van der Waals surface area contributed by atoms with Crippen molar-refractivity contribution in [1.29, 1.82) is 0 Å². The van der Waals surface area contributed by atoms with E-state index >= 15 is 0 Å². The van der Waals surface area contributed by atoms with Crippen molar-refractivity contribution in [1.82, 2.24) is 0 Å². The zero-order valence-corrected chi connectivity index (χ0v) is 9.35. The van der Waals surface area contributed by atoms with E-state index in [2.05, 4.69) is 15.9 Å². The summed E-state index contributed by atoms with van der Waals surface area (Å²) in [5, 5.41) is 9.34. The maximum Gasteiger partial charge on any atom is 0.0551 e. The molecule has 0 aliphatic carbocycles. The molecular weight excluding hydrogens is 253 g/mol. The van der Waals surface area contributed by atoms with Gasteiger partial charge in [-0.25, -0.2) is 0 Å². The third-order valence-electron chi connectivity index (χ3n) is 1.81. The van der Waals surface area contributed by atoms with Crippen LogP contribution in [0.2, 0.25) is 5.02 Å². The summed E-state index contributed by atoms with van der Waals surface area (Å²) < 4.78 is 0.856. The van der Waals surface area contributed by atoms with Crippen LogP contribution in [0.5, 0.6) is 0 Å². The lowest BCUT2D eigenvalue weighted by Gasteiger charge is -2.10. The van der Waals surface area contributed by atoms with E-state index in [0.717, 1.165) is 10.0 Å². The lowest BCUT2D eigenvalue weighted by Crippen LogP contribution is -2.11. The zero-order chi connectivity index (χ0) is 9.84. The SMILES string of the molecule is N[C@H](CCO)c1ccc(Br)c(Cl)c1. The Hall–Kier alpha value is -0.0900. The molecule has 0 unspecified atom stereocenters. The summed E-state index contributed by atoms with van der Waals surface area (Å²) in [6.45, 7) is 0.0921.